The molecule has 0 radical (unpaired) electrons. The molecule has 3 unspecified atom stereocenters. The summed E-state index contributed by atoms with van der Waals surface area (Å²) in [4.78, 5) is 22.6. The number of carbonyl (C=O) groups excluding carboxylic acids is 1. The first-order valence-electron chi connectivity index (χ1n) is 15.2. The Bertz CT molecular complexity index is 1760. The van der Waals surface area contributed by atoms with Gasteiger partial charge in [0.1, 0.15) is 5.52 Å². The van der Waals surface area contributed by atoms with E-state index in [-0.39, 0.29) is 5.91 Å². The van der Waals surface area contributed by atoms with Crippen LogP contribution >= 0.6 is 34.5 Å². The molecular weight excluding hydrogens is 599 g/mol. The number of benzene rings is 2. The average Bonchev–Trinajstić information content (AvgIpc) is 3.81. The van der Waals surface area contributed by atoms with Crippen LogP contribution in [0.25, 0.3) is 22.0 Å². The third-order valence-corrected chi connectivity index (χ3v) is 10.7. The maximum atomic E-state index is 13.7. The molecule has 0 bridgehead atoms. The molecule has 222 valence electrons. The summed E-state index contributed by atoms with van der Waals surface area (Å²) in [6.45, 7) is 3.21. The number of hydrogen-bond acceptors (Lipinski definition) is 5. The van der Waals surface area contributed by atoms with Crippen LogP contribution in [0.5, 0.6) is 0 Å². The van der Waals surface area contributed by atoms with Crippen LogP contribution in [0, 0.1) is 5.92 Å². The van der Waals surface area contributed by atoms with Gasteiger partial charge in [-0.15, -0.1) is 11.3 Å². The fraction of sp³-hybridized carbons (Fsp3) is 0.394. The highest BCUT2D eigenvalue weighted by Gasteiger charge is 2.32. The van der Waals surface area contributed by atoms with Crippen molar-refractivity contribution in [2.75, 3.05) is 5.32 Å². The van der Waals surface area contributed by atoms with E-state index in [0.29, 0.717) is 37.7 Å². The van der Waals surface area contributed by atoms with Crippen molar-refractivity contribution in [3.63, 3.8) is 0 Å². The highest BCUT2D eigenvalue weighted by atomic mass is 35.5. The summed E-state index contributed by atoms with van der Waals surface area (Å²) in [6.07, 6.45) is 14.9. The van der Waals surface area contributed by atoms with Crippen molar-refractivity contribution in [3.8, 4) is 11.1 Å². The van der Waals surface area contributed by atoms with Crippen molar-refractivity contribution in [2.45, 2.75) is 76.8 Å². The molecule has 10 heteroatoms. The summed E-state index contributed by atoms with van der Waals surface area (Å²) in [5, 5.41) is 11.9. The first-order valence-corrected chi connectivity index (χ1v) is 16.8. The Labute approximate surface area is 265 Å². The first-order chi connectivity index (χ1) is 21.0. The number of rotatable bonds is 7. The maximum absolute atomic E-state index is 13.7. The molecule has 0 saturated heterocycles. The average molecular weight is 634 g/mol. The van der Waals surface area contributed by atoms with Crippen LogP contribution in [-0.4, -0.2) is 30.2 Å². The van der Waals surface area contributed by atoms with Gasteiger partial charge in [-0.2, -0.15) is 5.10 Å². The quantitative estimate of drug-likeness (QED) is 0.182. The molecule has 1 amide bonds. The fourth-order valence-corrected chi connectivity index (χ4v) is 7.97. The number of anilines is 1. The molecule has 2 aliphatic rings. The van der Waals surface area contributed by atoms with E-state index >= 15 is 0 Å². The van der Waals surface area contributed by atoms with E-state index in [2.05, 4.69) is 51.0 Å². The largest absolute Gasteiger partial charge is 0.334 e. The van der Waals surface area contributed by atoms with Gasteiger partial charge in [-0.3, -0.25) is 14.8 Å². The lowest BCUT2D eigenvalue weighted by Gasteiger charge is -2.16. The monoisotopic (exact) mass is 632 g/mol. The topological polar surface area (TPSA) is 77.6 Å². The number of nitrogens with zero attached hydrogens (tertiary/aromatic N) is 5. The predicted octanol–water partition coefficient (Wildman–Crippen LogP) is 8.91. The third-order valence-electron chi connectivity index (χ3n) is 9.29. The molecule has 1 N–H and O–H groups in total. The zero-order valence-corrected chi connectivity index (χ0v) is 26.4. The van der Waals surface area contributed by atoms with Crippen LogP contribution in [0.1, 0.15) is 80.8 Å². The van der Waals surface area contributed by atoms with Crippen LogP contribution in [-0.2, 0) is 17.8 Å². The van der Waals surface area contributed by atoms with E-state index in [1.807, 2.05) is 17.8 Å². The Morgan fingerprint density at radius 1 is 1.12 bits per heavy atom. The van der Waals surface area contributed by atoms with Gasteiger partial charge in [0.15, 0.2) is 11.2 Å². The van der Waals surface area contributed by atoms with Gasteiger partial charge in [-0.05, 0) is 61.1 Å². The number of aromatic nitrogens is 5. The highest BCUT2D eigenvalue weighted by molar-refractivity contribution is 7.13. The zero-order valence-electron chi connectivity index (χ0n) is 24.1. The van der Waals surface area contributed by atoms with E-state index in [0.717, 1.165) is 42.1 Å². The minimum Gasteiger partial charge on any atom is -0.334 e. The summed E-state index contributed by atoms with van der Waals surface area (Å²) in [7, 11) is 0. The molecule has 0 spiro atoms. The van der Waals surface area contributed by atoms with Crippen molar-refractivity contribution < 1.29 is 4.79 Å². The molecular formula is C33H34Cl2N6OS. The number of amides is 1. The number of thiazole rings is 1. The van der Waals surface area contributed by atoms with Crippen molar-refractivity contribution in [3.05, 3.63) is 81.4 Å². The molecule has 3 aromatic heterocycles. The van der Waals surface area contributed by atoms with E-state index in [4.69, 9.17) is 28.3 Å². The molecule has 4 heterocycles. The molecule has 1 aliphatic carbocycles. The van der Waals surface area contributed by atoms with Crippen LogP contribution < -0.4 is 5.32 Å². The second-order valence-corrected chi connectivity index (χ2v) is 13.5. The van der Waals surface area contributed by atoms with Crippen molar-refractivity contribution in [1.82, 2.24) is 24.3 Å². The second kappa shape index (κ2) is 12.1. The van der Waals surface area contributed by atoms with E-state index in [1.165, 1.54) is 55.4 Å². The van der Waals surface area contributed by atoms with Crippen molar-refractivity contribution in [2.24, 2.45) is 5.92 Å². The molecule has 1 fully saturated rings. The molecule has 1 saturated carbocycles. The SMILES string of the molecule is CCC1CCCC(c2ccc(-c3cc(Cl)c4cn(C(C(=O)Nc5nccs5)c5ncn6c5CCC6)nc4c3Cl)cc2)CC1. The Balaban J connectivity index is 1.23. The van der Waals surface area contributed by atoms with Gasteiger partial charge in [-0.1, -0.05) is 73.7 Å². The van der Waals surface area contributed by atoms with Gasteiger partial charge in [0, 0.05) is 41.0 Å². The normalized spacial score (nSPS) is 19.3. The van der Waals surface area contributed by atoms with Crippen molar-refractivity contribution >= 4 is 56.5 Å². The molecule has 43 heavy (non-hydrogen) atoms. The molecule has 2 aromatic carbocycles. The summed E-state index contributed by atoms with van der Waals surface area (Å²) in [6, 6.07) is 9.90. The minimum absolute atomic E-state index is 0.261. The van der Waals surface area contributed by atoms with E-state index in [9.17, 15) is 4.79 Å². The lowest BCUT2D eigenvalue weighted by atomic mass is 9.90. The van der Waals surface area contributed by atoms with Gasteiger partial charge < -0.3 is 4.57 Å². The third kappa shape index (κ3) is 5.49. The standard InChI is InChI=1S/C33H34Cl2N6OS/c1-2-20-5-3-6-21(9-8-20)22-10-12-23(13-11-22)24-17-26(34)25-18-41(39-29(25)28(24)35)31(32(42)38-33-36-14-16-43-33)30-27-7-4-15-40(27)19-37-30/h10-14,16-21,31H,2-9,15H2,1H3,(H,36,38,42). The lowest BCUT2D eigenvalue weighted by molar-refractivity contribution is -0.118. The van der Waals surface area contributed by atoms with Gasteiger partial charge in [0.2, 0.25) is 0 Å². The van der Waals surface area contributed by atoms with Gasteiger partial charge in [0.25, 0.3) is 5.91 Å². The van der Waals surface area contributed by atoms with E-state index < -0.39 is 6.04 Å². The summed E-state index contributed by atoms with van der Waals surface area (Å²) in [5.74, 6) is 1.21. The number of aryl methyl sites for hydroxylation is 1. The summed E-state index contributed by atoms with van der Waals surface area (Å²) >= 11 is 15.3. The van der Waals surface area contributed by atoms with Crippen LogP contribution in [0.2, 0.25) is 10.0 Å². The van der Waals surface area contributed by atoms with Gasteiger partial charge >= 0.3 is 0 Å². The summed E-state index contributed by atoms with van der Waals surface area (Å²) < 4.78 is 3.76. The molecule has 5 aromatic rings. The van der Waals surface area contributed by atoms with Gasteiger partial charge in [-0.25, -0.2) is 9.97 Å². The Morgan fingerprint density at radius 2 is 1.98 bits per heavy atom. The molecule has 7 nitrogen and oxygen atoms in total. The molecule has 3 atom stereocenters. The zero-order chi connectivity index (χ0) is 29.5. The second-order valence-electron chi connectivity index (χ2n) is 11.8. The number of nitrogens with one attached hydrogen (secondary N) is 1. The number of imidazole rings is 1. The summed E-state index contributed by atoms with van der Waals surface area (Å²) in [5.41, 5.74) is 5.52. The minimum atomic E-state index is -0.799. The Morgan fingerprint density at radius 3 is 2.77 bits per heavy atom. The van der Waals surface area contributed by atoms with Gasteiger partial charge in [0.05, 0.1) is 22.1 Å². The first kappa shape index (κ1) is 28.6. The van der Waals surface area contributed by atoms with Crippen molar-refractivity contribution in [1.29, 1.82) is 0 Å². The van der Waals surface area contributed by atoms with Crippen LogP contribution in [0.15, 0.2) is 54.4 Å². The molecule has 1 aliphatic heterocycles. The highest BCUT2D eigenvalue weighted by Crippen LogP contribution is 2.41. The number of fused-ring (bicyclic) bond motifs is 2. The lowest BCUT2D eigenvalue weighted by Crippen LogP contribution is -2.28. The Hall–Kier alpha value is -3.20. The Kier molecular flexibility index (Phi) is 8.01. The fourth-order valence-electron chi connectivity index (χ4n) is 6.88. The predicted molar refractivity (Wildman–Crippen MR) is 174 cm³/mol. The van der Waals surface area contributed by atoms with Crippen LogP contribution in [0.3, 0.4) is 0 Å². The maximum Gasteiger partial charge on any atom is 0.257 e. The number of hydrogen-bond donors (Lipinski definition) is 1. The number of halogens is 2. The van der Waals surface area contributed by atoms with E-state index in [1.54, 1.807) is 17.1 Å². The number of carbonyl (C=O) groups is 1. The van der Waals surface area contributed by atoms with Crippen LogP contribution in [0.4, 0.5) is 5.13 Å². The smallest absolute Gasteiger partial charge is 0.257 e. The molecule has 7 rings (SSSR count).